The van der Waals surface area contributed by atoms with Crippen molar-refractivity contribution in [2.75, 3.05) is 44.4 Å². The molecule has 0 atom stereocenters. The first kappa shape index (κ1) is 25.0. The predicted octanol–water partition coefficient (Wildman–Crippen LogP) is 1.98. The first-order valence-corrected chi connectivity index (χ1v) is 13.7. The number of carbonyl (C=O) groups is 3. The molecule has 4 aliphatic rings. The van der Waals surface area contributed by atoms with E-state index in [4.69, 9.17) is 16.2 Å². The molecule has 2 aliphatic carbocycles. The van der Waals surface area contributed by atoms with Gasteiger partial charge >= 0.3 is 6.03 Å². The highest BCUT2D eigenvalue weighted by Crippen LogP contribution is 2.44. The molecule has 6 rings (SSSR count). The molecule has 2 saturated heterocycles. The maximum Gasteiger partial charge on any atom is 0.334 e. The molecule has 3 amide bonds. The molecule has 2 aromatic rings. The number of fused-ring (bicyclic) bond motifs is 3. The number of hydrogen-bond acceptors (Lipinski definition) is 7. The number of primary amides is 1. The van der Waals surface area contributed by atoms with Gasteiger partial charge in [0.25, 0.3) is 0 Å². The lowest BCUT2D eigenvalue weighted by Crippen LogP contribution is -2.54. The maximum atomic E-state index is 13.9. The number of aromatic amines is 1. The van der Waals surface area contributed by atoms with Crippen LogP contribution in [0.25, 0.3) is 11.3 Å². The molecule has 1 saturated carbocycles. The van der Waals surface area contributed by atoms with E-state index in [9.17, 15) is 14.4 Å². The Morgan fingerprint density at radius 3 is 2.39 bits per heavy atom. The fraction of sp³-hybridized carbons (Fsp3) is 0.556. The van der Waals surface area contributed by atoms with Crippen LogP contribution in [-0.4, -0.2) is 83.3 Å². The average molecular weight is 522 g/mol. The van der Waals surface area contributed by atoms with Crippen molar-refractivity contribution in [2.24, 2.45) is 17.4 Å². The predicted molar refractivity (Wildman–Crippen MR) is 140 cm³/mol. The molecule has 11 nitrogen and oxygen atoms in total. The van der Waals surface area contributed by atoms with Gasteiger partial charge in [-0.3, -0.25) is 14.7 Å². The van der Waals surface area contributed by atoms with E-state index in [1.54, 1.807) is 6.07 Å². The first-order chi connectivity index (χ1) is 18.4. The van der Waals surface area contributed by atoms with Crippen LogP contribution in [-0.2, 0) is 9.53 Å². The van der Waals surface area contributed by atoms with Crippen LogP contribution in [0, 0.1) is 5.92 Å². The Morgan fingerprint density at radius 1 is 1.00 bits per heavy atom. The number of rotatable bonds is 4. The molecule has 1 aromatic heterocycles. The number of ketones is 1. The Morgan fingerprint density at radius 2 is 1.71 bits per heavy atom. The minimum atomic E-state index is -0.642. The molecule has 2 aliphatic heterocycles. The number of carbonyl (C=O) groups excluding carboxylic acids is 3. The summed E-state index contributed by atoms with van der Waals surface area (Å²) in [6.07, 6.45) is 5.10. The number of piperidine rings is 1. The minimum Gasteiger partial charge on any atom is -0.379 e. The molecule has 3 fully saturated rings. The maximum absolute atomic E-state index is 13.9. The summed E-state index contributed by atoms with van der Waals surface area (Å²) in [5, 5.41) is 10.9. The molecule has 5 N–H and O–H groups in total. The third-order valence-electron chi connectivity index (χ3n) is 8.59. The molecule has 38 heavy (non-hydrogen) atoms. The number of nitrogens with two attached hydrogens (primary N) is 2. The van der Waals surface area contributed by atoms with E-state index in [0.29, 0.717) is 67.5 Å². The molecule has 1 aromatic carbocycles. The zero-order chi connectivity index (χ0) is 26.4. The minimum absolute atomic E-state index is 0.0805. The normalized spacial score (nSPS) is 24.2. The molecular weight excluding hydrogens is 486 g/mol. The Bertz CT molecular complexity index is 1240. The van der Waals surface area contributed by atoms with Crippen molar-refractivity contribution in [3.05, 3.63) is 35.0 Å². The summed E-state index contributed by atoms with van der Waals surface area (Å²) in [4.78, 5) is 41.5. The fourth-order valence-electron chi connectivity index (χ4n) is 6.53. The number of urea groups is 1. The van der Waals surface area contributed by atoms with Crippen LogP contribution in [0.2, 0.25) is 0 Å². The van der Waals surface area contributed by atoms with Gasteiger partial charge in [-0.25, -0.2) is 14.8 Å². The summed E-state index contributed by atoms with van der Waals surface area (Å²) < 4.78 is 5.43. The van der Waals surface area contributed by atoms with Crippen molar-refractivity contribution in [3.63, 3.8) is 0 Å². The second-order valence-corrected chi connectivity index (χ2v) is 10.8. The van der Waals surface area contributed by atoms with Gasteiger partial charge in [-0.05, 0) is 44.6 Å². The number of nitrogens with one attached hydrogen (secondary N) is 1. The Hall–Kier alpha value is -3.28. The molecule has 0 spiro atoms. The standard InChI is InChI=1S/C27H35N7O4/c28-18-6-4-17(5-7-18)26(36)32-10-8-16(9-11-32)23-22-24(31-30-23)19-2-1-3-20(21(19)25(22)35)34(27(29)37)33-12-14-38-15-13-33/h1-3,16-18H,4-15,28H2,(H2,29,37)(H,30,31). The van der Waals surface area contributed by atoms with Crippen molar-refractivity contribution in [1.82, 2.24) is 20.1 Å². The van der Waals surface area contributed by atoms with Gasteiger partial charge in [-0.2, -0.15) is 5.10 Å². The lowest BCUT2D eigenvalue weighted by atomic mass is 9.84. The van der Waals surface area contributed by atoms with Gasteiger partial charge in [0, 0.05) is 49.6 Å². The lowest BCUT2D eigenvalue weighted by molar-refractivity contribution is -0.137. The van der Waals surface area contributed by atoms with E-state index in [1.807, 2.05) is 22.0 Å². The average Bonchev–Trinajstić information content (AvgIpc) is 3.49. The molecule has 0 unspecified atom stereocenters. The number of ether oxygens (including phenoxy) is 1. The van der Waals surface area contributed by atoms with Gasteiger partial charge in [0.1, 0.15) is 5.69 Å². The van der Waals surface area contributed by atoms with Crippen molar-refractivity contribution >= 4 is 23.4 Å². The fourth-order valence-corrected chi connectivity index (χ4v) is 6.53. The second-order valence-electron chi connectivity index (χ2n) is 10.8. The second kappa shape index (κ2) is 10.1. The third-order valence-corrected chi connectivity index (χ3v) is 8.59. The van der Waals surface area contributed by atoms with Gasteiger partial charge in [0.15, 0.2) is 5.78 Å². The highest BCUT2D eigenvalue weighted by Gasteiger charge is 2.40. The summed E-state index contributed by atoms with van der Waals surface area (Å²) in [7, 11) is 0. The van der Waals surface area contributed by atoms with Crippen LogP contribution >= 0.6 is 0 Å². The topological polar surface area (TPSA) is 151 Å². The summed E-state index contributed by atoms with van der Waals surface area (Å²) in [6.45, 7) is 3.30. The van der Waals surface area contributed by atoms with Crippen LogP contribution in [0.15, 0.2) is 18.2 Å². The number of likely N-dealkylation sites (tertiary alicyclic amines) is 1. The van der Waals surface area contributed by atoms with Gasteiger partial charge in [0.2, 0.25) is 5.91 Å². The van der Waals surface area contributed by atoms with E-state index in [-0.39, 0.29) is 29.6 Å². The highest BCUT2D eigenvalue weighted by molar-refractivity contribution is 6.25. The van der Waals surface area contributed by atoms with Crippen LogP contribution in [0.4, 0.5) is 10.5 Å². The van der Waals surface area contributed by atoms with E-state index in [0.717, 1.165) is 44.2 Å². The highest BCUT2D eigenvalue weighted by atomic mass is 16.5. The summed E-state index contributed by atoms with van der Waals surface area (Å²) >= 11 is 0. The zero-order valence-electron chi connectivity index (χ0n) is 21.5. The first-order valence-electron chi connectivity index (χ1n) is 13.7. The van der Waals surface area contributed by atoms with Crippen molar-refractivity contribution in [2.45, 2.75) is 50.5 Å². The van der Waals surface area contributed by atoms with Gasteiger partial charge in [-0.1, -0.05) is 12.1 Å². The van der Waals surface area contributed by atoms with E-state index >= 15 is 0 Å². The number of H-pyrrole nitrogens is 1. The Balaban J connectivity index is 1.21. The number of anilines is 1. The third kappa shape index (κ3) is 4.28. The monoisotopic (exact) mass is 521 g/mol. The Kier molecular flexibility index (Phi) is 6.67. The van der Waals surface area contributed by atoms with E-state index < -0.39 is 6.03 Å². The summed E-state index contributed by atoms with van der Waals surface area (Å²) in [5.41, 5.74) is 15.5. The zero-order valence-corrected chi connectivity index (χ0v) is 21.5. The summed E-state index contributed by atoms with van der Waals surface area (Å²) in [6, 6.07) is 5.02. The smallest absolute Gasteiger partial charge is 0.334 e. The molecular formula is C27H35N7O4. The van der Waals surface area contributed by atoms with Crippen LogP contribution in [0.3, 0.4) is 0 Å². The van der Waals surface area contributed by atoms with Gasteiger partial charge in [-0.15, -0.1) is 0 Å². The van der Waals surface area contributed by atoms with Crippen LogP contribution in [0.1, 0.15) is 66.1 Å². The number of aromatic nitrogens is 2. The number of hydrogen-bond donors (Lipinski definition) is 3. The largest absolute Gasteiger partial charge is 0.379 e. The Labute approximate surface area is 221 Å². The van der Waals surface area contributed by atoms with Gasteiger partial charge < -0.3 is 21.1 Å². The van der Waals surface area contributed by atoms with E-state index in [2.05, 4.69) is 10.2 Å². The number of hydrazine groups is 1. The molecule has 0 bridgehead atoms. The summed E-state index contributed by atoms with van der Waals surface area (Å²) in [5.74, 6) is 0.277. The lowest BCUT2D eigenvalue weighted by Gasteiger charge is -2.36. The van der Waals surface area contributed by atoms with Gasteiger partial charge in [0.05, 0.1) is 35.7 Å². The van der Waals surface area contributed by atoms with Crippen molar-refractivity contribution < 1.29 is 19.1 Å². The van der Waals surface area contributed by atoms with Crippen molar-refractivity contribution in [3.8, 4) is 11.3 Å². The number of amides is 3. The number of nitrogens with zero attached hydrogens (tertiary/aromatic N) is 4. The number of morpholine rings is 1. The molecule has 202 valence electrons. The SMILES string of the molecule is NC(=O)N(c1cccc2c1C(=O)c1c-2n[nH]c1C1CCN(C(=O)C2CCC(N)CC2)CC1)N1CCOCC1. The molecule has 0 radical (unpaired) electrons. The quantitative estimate of drug-likeness (QED) is 0.475. The van der Waals surface area contributed by atoms with Crippen LogP contribution in [0.5, 0.6) is 0 Å². The van der Waals surface area contributed by atoms with Crippen LogP contribution < -0.4 is 16.5 Å². The van der Waals surface area contributed by atoms with E-state index in [1.165, 1.54) is 5.01 Å². The molecule has 3 heterocycles. The molecule has 11 heteroatoms. The van der Waals surface area contributed by atoms with Crippen molar-refractivity contribution in [1.29, 1.82) is 0 Å². The number of benzene rings is 1.